The van der Waals surface area contributed by atoms with Gasteiger partial charge in [-0.2, -0.15) is 5.10 Å². The number of aromatic nitrogens is 4. The first-order valence-corrected chi connectivity index (χ1v) is 11.0. The predicted octanol–water partition coefficient (Wildman–Crippen LogP) is 3.08. The lowest BCUT2D eigenvalue weighted by Crippen LogP contribution is -2.34. The number of para-hydroxylation sites is 1. The fraction of sp³-hybridized carbons (Fsp3) is 0.240. The normalized spacial score (nSPS) is 13.6. The first kappa shape index (κ1) is 21.7. The SMILES string of the molecule is Cc1nc2ccccc2c(=O)n1-c1ccc(F)c(NC(=O)C(C)n2nc3c(cc2=O)CCC3)c1. The van der Waals surface area contributed by atoms with E-state index in [0.29, 0.717) is 22.4 Å². The molecule has 172 valence electrons. The molecule has 0 radical (unpaired) electrons. The Bertz CT molecular complexity index is 1570. The van der Waals surface area contributed by atoms with Gasteiger partial charge < -0.3 is 5.32 Å². The molecule has 34 heavy (non-hydrogen) atoms. The van der Waals surface area contributed by atoms with Crippen LogP contribution in [0.1, 0.15) is 36.5 Å². The van der Waals surface area contributed by atoms with Crippen LogP contribution in [0.3, 0.4) is 0 Å². The lowest BCUT2D eigenvalue weighted by Gasteiger charge is -2.17. The second-order valence-corrected chi connectivity index (χ2v) is 8.40. The zero-order valence-electron chi connectivity index (χ0n) is 18.7. The van der Waals surface area contributed by atoms with E-state index in [1.807, 2.05) is 0 Å². The molecule has 0 aliphatic heterocycles. The highest BCUT2D eigenvalue weighted by Gasteiger charge is 2.22. The van der Waals surface area contributed by atoms with Gasteiger partial charge in [0.15, 0.2) is 0 Å². The first-order valence-electron chi connectivity index (χ1n) is 11.0. The quantitative estimate of drug-likeness (QED) is 0.506. The van der Waals surface area contributed by atoms with Crippen LogP contribution < -0.4 is 16.4 Å². The number of rotatable bonds is 4. The van der Waals surface area contributed by atoms with Crippen LogP contribution in [0.5, 0.6) is 0 Å². The molecule has 1 N–H and O–H groups in total. The van der Waals surface area contributed by atoms with Crippen LogP contribution in [0.2, 0.25) is 0 Å². The highest BCUT2D eigenvalue weighted by atomic mass is 19.1. The predicted molar refractivity (Wildman–Crippen MR) is 126 cm³/mol. The largest absolute Gasteiger partial charge is 0.322 e. The summed E-state index contributed by atoms with van der Waals surface area (Å²) in [5, 5.41) is 7.32. The van der Waals surface area contributed by atoms with Gasteiger partial charge >= 0.3 is 0 Å². The van der Waals surface area contributed by atoms with Crippen molar-refractivity contribution in [3.63, 3.8) is 0 Å². The van der Waals surface area contributed by atoms with Gasteiger partial charge in [-0.15, -0.1) is 0 Å². The topological polar surface area (TPSA) is 98.9 Å². The number of carbonyl (C=O) groups is 1. The average molecular weight is 459 g/mol. The molecule has 2 aromatic carbocycles. The summed E-state index contributed by atoms with van der Waals surface area (Å²) < 4.78 is 17.1. The van der Waals surface area contributed by atoms with E-state index < -0.39 is 17.8 Å². The summed E-state index contributed by atoms with van der Waals surface area (Å²) >= 11 is 0. The number of hydrogen-bond donors (Lipinski definition) is 1. The minimum Gasteiger partial charge on any atom is -0.322 e. The molecular formula is C25H22FN5O3. The van der Waals surface area contributed by atoms with Crippen molar-refractivity contribution < 1.29 is 9.18 Å². The van der Waals surface area contributed by atoms with Gasteiger partial charge in [0.2, 0.25) is 5.91 Å². The van der Waals surface area contributed by atoms with E-state index >= 15 is 0 Å². The van der Waals surface area contributed by atoms with E-state index in [2.05, 4.69) is 15.4 Å². The molecule has 1 amide bonds. The molecule has 1 unspecified atom stereocenters. The molecule has 1 aliphatic rings. The number of carbonyl (C=O) groups excluding carboxylic acids is 1. The molecule has 2 heterocycles. The third kappa shape index (κ3) is 3.68. The summed E-state index contributed by atoms with van der Waals surface area (Å²) in [7, 11) is 0. The molecule has 9 heteroatoms. The molecule has 0 saturated heterocycles. The van der Waals surface area contributed by atoms with Crippen LogP contribution in [0, 0.1) is 12.7 Å². The van der Waals surface area contributed by atoms with Crippen molar-refractivity contribution in [1.82, 2.24) is 19.3 Å². The standard InChI is InChI=1S/C25H22FN5O3/c1-14(31-23(32)12-16-6-5-9-20(16)29-31)24(33)28-22-13-17(10-11-19(22)26)30-15(2)27-21-8-4-3-7-18(21)25(30)34/h3-4,7-8,10-14H,5-6,9H2,1-2H3,(H,28,33). The molecule has 8 nitrogen and oxygen atoms in total. The average Bonchev–Trinajstić information content (AvgIpc) is 3.27. The van der Waals surface area contributed by atoms with Crippen molar-refractivity contribution in [2.24, 2.45) is 0 Å². The molecular weight excluding hydrogens is 437 g/mol. The summed E-state index contributed by atoms with van der Waals surface area (Å²) in [6.07, 6.45) is 2.49. The van der Waals surface area contributed by atoms with Gasteiger partial charge in [0.25, 0.3) is 11.1 Å². The van der Waals surface area contributed by atoms with Gasteiger partial charge in [0, 0.05) is 6.07 Å². The van der Waals surface area contributed by atoms with Gasteiger partial charge in [-0.25, -0.2) is 14.1 Å². The van der Waals surface area contributed by atoms with Crippen LogP contribution >= 0.6 is 0 Å². The minimum absolute atomic E-state index is 0.108. The second kappa shape index (κ2) is 8.33. The Kier molecular flexibility index (Phi) is 5.31. The Morgan fingerprint density at radius 2 is 1.91 bits per heavy atom. The molecule has 5 rings (SSSR count). The number of aryl methyl sites for hydroxylation is 3. The fourth-order valence-electron chi connectivity index (χ4n) is 4.34. The zero-order valence-corrected chi connectivity index (χ0v) is 18.7. The Labute approximate surface area is 193 Å². The van der Waals surface area contributed by atoms with Gasteiger partial charge in [-0.05, 0) is 69.0 Å². The molecule has 4 aromatic rings. The van der Waals surface area contributed by atoms with Crippen LogP contribution in [-0.2, 0) is 17.6 Å². The lowest BCUT2D eigenvalue weighted by molar-refractivity contribution is -0.119. The van der Waals surface area contributed by atoms with Crippen molar-refractivity contribution in [3.05, 3.63) is 92.1 Å². The minimum atomic E-state index is -0.951. The molecule has 0 saturated carbocycles. The molecule has 0 bridgehead atoms. The van der Waals surface area contributed by atoms with Crippen LogP contribution in [-0.4, -0.2) is 25.2 Å². The molecule has 0 spiro atoms. The van der Waals surface area contributed by atoms with Crippen LogP contribution in [0.25, 0.3) is 16.6 Å². The number of halogens is 1. The third-order valence-corrected chi connectivity index (χ3v) is 6.14. The van der Waals surface area contributed by atoms with Crippen molar-refractivity contribution in [2.45, 2.75) is 39.2 Å². The van der Waals surface area contributed by atoms with Gasteiger partial charge in [0.1, 0.15) is 17.7 Å². The number of hydrogen-bond acceptors (Lipinski definition) is 5. The van der Waals surface area contributed by atoms with E-state index in [1.54, 1.807) is 31.2 Å². The van der Waals surface area contributed by atoms with Crippen molar-refractivity contribution in [1.29, 1.82) is 0 Å². The highest BCUT2D eigenvalue weighted by Crippen LogP contribution is 2.22. The molecule has 0 fully saturated rings. The highest BCUT2D eigenvalue weighted by molar-refractivity contribution is 5.93. The van der Waals surface area contributed by atoms with E-state index in [0.717, 1.165) is 35.2 Å². The van der Waals surface area contributed by atoms with Gasteiger partial charge in [-0.3, -0.25) is 19.0 Å². The third-order valence-electron chi connectivity index (χ3n) is 6.14. The van der Waals surface area contributed by atoms with Crippen LogP contribution in [0.15, 0.2) is 58.1 Å². The maximum atomic E-state index is 14.6. The summed E-state index contributed by atoms with van der Waals surface area (Å²) in [6, 6.07) is 11.5. The number of fused-ring (bicyclic) bond motifs is 2. The fourth-order valence-corrected chi connectivity index (χ4v) is 4.34. The van der Waals surface area contributed by atoms with E-state index in [-0.39, 0.29) is 16.8 Å². The Balaban J connectivity index is 1.49. The number of benzene rings is 2. The van der Waals surface area contributed by atoms with E-state index in [1.165, 1.54) is 35.8 Å². The Morgan fingerprint density at radius 1 is 1.12 bits per heavy atom. The Morgan fingerprint density at radius 3 is 2.74 bits per heavy atom. The maximum Gasteiger partial charge on any atom is 0.267 e. The van der Waals surface area contributed by atoms with Gasteiger partial charge in [0.05, 0.1) is 28.0 Å². The van der Waals surface area contributed by atoms with Gasteiger partial charge in [-0.1, -0.05) is 12.1 Å². The summed E-state index contributed by atoms with van der Waals surface area (Å²) in [5.74, 6) is -0.836. The van der Waals surface area contributed by atoms with Crippen molar-refractivity contribution in [2.75, 3.05) is 5.32 Å². The molecule has 2 aromatic heterocycles. The molecule has 1 atom stereocenters. The number of amides is 1. The van der Waals surface area contributed by atoms with Crippen molar-refractivity contribution >= 4 is 22.5 Å². The lowest BCUT2D eigenvalue weighted by atomic mass is 10.2. The summed E-state index contributed by atoms with van der Waals surface area (Å²) in [4.78, 5) is 42.9. The molecule has 1 aliphatic carbocycles. The summed E-state index contributed by atoms with van der Waals surface area (Å²) in [6.45, 7) is 3.22. The monoisotopic (exact) mass is 459 g/mol. The van der Waals surface area contributed by atoms with E-state index in [9.17, 15) is 18.8 Å². The zero-order chi connectivity index (χ0) is 24.0. The smallest absolute Gasteiger partial charge is 0.267 e. The number of anilines is 1. The van der Waals surface area contributed by atoms with Crippen molar-refractivity contribution in [3.8, 4) is 5.69 Å². The maximum absolute atomic E-state index is 14.6. The second-order valence-electron chi connectivity index (χ2n) is 8.40. The summed E-state index contributed by atoms with van der Waals surface area (Å²) in [5.41, 5.74) is 1.87. The number of nitrogens with one attached hydrogen (secondary N) is 1. The van der Waals surface area contributed by atoms with E-state index in [4.69, 9.17) is 0 Å². The number of nitrogens with zero attached hydrogens (tertiary/aromatic N) is 4. The Hall–Kier alpha value is -4.14. The van der Waals surface area contributed by atoms with Crippen LogP contribution in [0.4, 0.5) is 10.1 Å². The first-order chi connectivity index (χ1) is 16.3.